The molecule has 0 amide bonds. The van der Waals surface area contributed by atoms with Crippen molar-refractivity contribution in [2.75, 3.05) is 18.6 Å². The van der Waals surface area contributed by atoms with Gasteiger partial charge in [-0.2, -0.15) is 0 Å². The first-order chi connectivity index (χ1) is 8.09. The van der Waals surface area contributed by atoms with E-state index in [1.807, 2.05) is 36.2 Å². The number of carbonyl (C=O) groups is 1. The lowest BCUT2D eigenvalue weighted by atomic mass is 10.1. The third-order valence-corrected chi connectivity index (χ3v) is 3.15. The van der Waals surface area contributed by atoms with Gasteiger partial charge in [0.05, 0.1) is 6.61 Å². The Kier molecular flexibility index (Phi) is 3.28. The van der Waals surface area contributed by atoms with E-state index in [-0.39, 0.29) is 12.0 Å². The van der Waals surface area contributed by atoms with Crippen molar-refractivity contribution in [2.45, 2.75) is 12.5 Å². The van der Waals surface area contributed by atoms with Crippen LogP contribution in [0.25, 0.3) is 0 Å². The number of benzene rings is 1. The Morgan fingerprint density at radius 1 is 1.59 bits per heavy atom. The van der Waals surface area contributed by atoms with E-state index in [4.69, 9.17) is 22.7 Å². The van der Waals surface area contributed by atoms with Crippen LogP contribution < -0.4 is 10.6 Å². The molecule has 1 unspecified atom stereocenters. The molecule has 0 radical (unpaired) electrons. The van der Waals surface area contributed by atoms with Crippen LogP contribution in [0.15, 0.2) is 24.3 Å². The van der Waals surface area contributed by atoms with Gasteiger partial charge in [0.1, 0.15) is 11.0 Å². The maximum atomic E-state index is 11.5. The molecule has 1 atom stereocenters. The van der Waals surface area contributed by atoms with Crippen molar-refractivity contribution >= 4 is 28.9 Å². The summed E-state index contributed by atoms with van der Waals surface area (Å²) >= 11 is 4.93. The largest absolute Gasteiger partial charge is 0.464 e. The highest BCUT2D eigenvalue weighted by Crippen LogP contribution is 2.21. The number of carbonyl (C=O) groups excluding carboxylic acids is 1. The van der Waals surface area contributed by atoms with Crippen LogP contribution in [0.1, 0.15) is 12.0 Å². The second-order valence-electron chi connectivity index (χ2n) is 4.00. The fraction of sp³-hybridized carbons (Fsp3) is 0.333. The quantitative estimate of drug-likeness (QED) is 0.642. The number of esters is 1. The average Bonchev–Trinajstić information content (AvgIpc) is 2.74. The van der Waals surface area contributed by atoms with E-state index in [1.165, 1.54) is 0 Å². The van der Waals surface area contributed by atoms with Gasteiger partial charge in [-0.3, -0.25) is 0 Å². The summed E-state index contributed by atoms with van der Waals surface area (Å²) in [6, 6.07) is 7.32. The van der Waals surface area contributed by atoms with Gasteiger partial charge in [0, 0.05) is 24.7 Å². The Hall–Kier alpha value is -1.62. The Labute approximate surface area is 105 Å². The first kappa shape index (κ1) is 11.9. The summed E-state index contributed by atoms with van der Waals surface area (Å²) in [6.45, 7) is 0.489. The second-order valence-corrected chi connectivity index (χ2v) is 4.44. The van der Waals surface area contributed by atoms with Crippen molar-refractivity contribution in [1.82, 2.24) is 0 Å². The first-order valence-electron chi connectivity index (χ1n) is 5.39. The van der Waals surface area contributed by atoms with Crippen LogP contribution in [0.5, 0.6) is 0 Å². The molecule has 0 aromatic heterocycles. The van der Waals surface area contributed by atoms with Gasteiger partial charge in [0.15, 0.2) is 0 Å². The monoisotopic (exact) mass is 250 g/mol. The Bertz CT molecular complexity index is 462. The van der Waals surface area contributed by atoms with Crippen molar-refractivity contribution in [1.29, 1.82) is 0 Å². The van der Waals surface area contributed by atoms with Gasteiger partial charge < -0.3 is 15.4 Å². The molecule has 0 saturated carbocycles. The van der Waals surface area contributed by atoms with Gasteiger partial charge in [0.2, 0.25) is 0 Å². The van der Waals surface area contributed by atoms with Crippen LogP contribution in [-0.2, 0) is 9.53 Å². The third-order valence-electron chi connectivity index (χ3n) is 2.91. The van der Waals surface area contributed by atoms with Crippen LogP contribution in [0, 0.1) is 0 Å². The summed E-state index contributed by atoms with van der Waals surface area (Å²) in [6.07, 6.45) is 0.715. The minimum absolute atomic E-state index is 0.173. The van der Waals surface area contributed by atoms with Gasteiger partial charge in [-0.05, 0) is 12.1 Å². The van der Waals surface area contributed by atoms with E-state index >= 15 is 0 Å². The molecular formula is C12H14N2O2S. The zero-order valence-corrected chi connectivity index (χ0v) is 10.4. The number of anilines is 1. The number of ether oxygens (including phenoxy) is 1. The molecule has 0 spiro atoms. The Morgan fingerprint density at radius 2 is 2.35 bits per heavy atom. The fourth-order valence-corrected chi connectivity index (χ4v) is 2.02. The molecule has 5 heteroatoms. The highest BCUT2D eigenvalue weighted by atomic mass is 32.1. The Balaban J connectivity index is 2.24. The average molecular weight is 250 g/mol. The molecule has 1 saturated heterocycles. The molecule has 90 valence electrons. The van der Waals surface area contributed by atoms with Gasteiger partial charge in [-0.15, -0.1) is 0 Å². The van der Waals surface area contributed by atoms with Crippen LogP contribution >= 0.6 is 12.2 Å². The fourth-order valence-electron chi connectivity index (χ4n) is 1.90. The molecule has 1 heterocycles. The number of likely N-dealkylation sites (N-methyl/N-ethyl adjacent to an activating group) is 1. The lowest BCUT2D eigenvalue weighted by Crippen LogP contribution is -2.35. The lowest BCUT2D eigenvalue weighted by Gasteiger charge is -2.23. The zero-order chi connectivity index (χ0) is 12.4. The van der Waals surface area contributed by atoms with Gasteiger partial charge in [0.25, 0.3) is 0 Å². The Morgan fingerprint density at radius 3 is 2.94 bits per heavy atom. The van der Waals surface area contributed by atoms with Crippen molar-refractivity contribution in [2.24, 2.45) is 5.73 Å². The van der Waals surface area contributed by atoms with Crippen LogP contribution in [0.3, 0.4) is 0 Å². The zero-order valence-electron chi connectivity index (χ0n) is 9.55. The topological polar surface area (TPSA) is 55.6 Å². The minimum atomic E-state index is -0.211. The molecular weight excluding hydrogens is 236 g/mol. The molecule has 2 rings (SSSR count). The summed E-state index contributed by atoms with van der Waals surface area (Å²) in [5.41, 5.74) is 7.30. The van der Waals surface area contributed by atoms with Crippen LogP contribution in [0.4, 0.5) is 5.69 Å². The minimum Gasteiger partial charge on any atom is -0.464 e. The molecule has 1 aliphatic rings. The van der Waals surface area contributed by atoms with E-state index in [1.54, 1.807) is 0 Å². The molecule has 0 bridgehead atoms. The van der Waals surface area contributed by atoms with E-state index in [0.29, 0.717) is 18.0 Å². The summed E-state index contributed by atoms with van der Waals surface area (Å²) in [5.74, 6) is -0.173. The molecule has 1 fully saturated rings. The van der Waals surface area contributed by atoms with Crippen molar-refractivity contribution in [3.05, 3.63) is 29.8 Å². The number of thiocarbonyl (C=S) groups is 1. The molecule has 2 N–H and O–H groups in total. The SMILES string of the molecule is CN(c1cccc(C(N)=S)c1)C1CCOC1=O. The number of nitrogens with zero attached hydrogens (tertiary/aromatic N) is 1. The summed E-state index contributed by atoms with van der Waals surface area (Å²) in [5, 5.41) is 0. The maximum absolute atomic E-state index is 11.5. The predicted octanol–water partition coefficient (Wildman–Crippen LogP) is 1.07. The lowest BCUT2D eigenvalue weighted by molar-refractivity contribution is -0.139. The van der Waals surface area contributed by atoms with Gasteiger partial charge in [-0.25, -0.2) is 4.79 Å². The summed E-state index contributed by atoms with van der Waals surface area (Å²) in [4.78, 5) is 13.7. The molecule has 1 aliphatic heterocycles. The first-order valence-corrected chi connectivity index (χ1v) is 5.80. The van der Waals surface area contributed by atoms with Crippen LogP contribution in [0.2, 0.25) is 0 Å². The third kappa shape index (κ3) is 2.39. The predicted molar refractivity (Wildman–Crippen MR) is 70.1 cm³/mol. The van der Waals surface area contributed by atoms with E-state index in [0.717, 1.165) is 11.3 Å². The number of cyclic esters (lactones) is 1. The molecule has 17 heavy (non-hydrogen) atoms. The van der Waals surface area contributed by atoms with Gasteiger partial charge >= 0.3 is 5.97 Å². The van der Waals surface area contributed by atoms with Crippen LogP contribution in [-0.4, -0.2) is 30.7 Å². The van der Waals surface area contributed by atoms with Crippen molar-refractivity contribution in [3.63, 3.8) is 0 Å². The molecule has 1 aromatic rings. The highest BCUT2D eigenvalue weighted by molar-refractivity contribution is 7.80. The normalized spacial score (nSPS) is 18.9. The van der Waals surface area contributed by atoms with Gasteiger partial charge in [-0.1, -0.05) is 24.4 Å². The number of nitrogens with two attached hydrogens (primary N) is 1. The van der Waals surface area contributed by atoms with Crippen molar-refractivity contribution < 1.29 is 9.53 Å². The molecule has 4 nitrogen and oxygen atoms in total. The molecule has 1 aromatic carbocycles. The van der Waals surface area contributed by atoms with E-state index in [2.05, 4.69) is 0 Å². The number of hydrogen-bond acceptors (Lipinski definition) is 4. The molecule has 0 aliphatic carbocycles. The number of rotatable bonds is 3. The van der Waals surface area contributed by atoms with E-state index in [9.17, 15) is 4.79 Å². The number of hydrogen-bond donors (Lipinski definition) is 1. The maximum Gasteiger partial charge on any atom is 0.328 e. The van der Waals surface area contributed by atoms with Crippen molar-refractivity contribution in [3.8, 4) is 0 Å². The van der Waals surface area contributed by atoms with E-state index < -0.39 is 0 Å². The second kappa shape index (κ2) is 4.71. The standard InChI is InChI=1S/C12H14N2O2S/c1-14(10-5-6-16-12(10)15)9-4-2-3-8(7-9)11(13)17/h2-4,7,10H,5-6H2,1H3,(H2,13,17). The smallest absolute Gasteiger partial charge is 0.328 e. The summed E-state index contributed by atoms with van der Waals surface area (Å²) < 4.78 is 4.95. The highest BCUT2D eigenvalue weighted by Gasteiger charge is 2.30. The summed E-state index contributed by atoms with van der Waals surface area (Å²) in [7, 11) is 1.87.